The average molecular weight is 373 g/mol. The molecule has 2 saturated heterocycles. The largest absolute Gasteiger partial charge is 0.481 e. The summed E-state index contributed by atoms with van der Waals surface area (Å²) in [5.41, 5.74) is 0.331. The molecule has 1 atom stereocenters. The van der Waals surface area contributed by atoms with Crippen LogP contribution in [0.4, 0.5) is 0 Å². The summed E-state index contributed by atoms with van der Waals surface area (Å²) in [5, 5.41) is 16.4. The normalized spacial score (nSPS) is 23.0. The van der Waals surface area contributed by atoms with Gasteiger partial charge >= 0.3 is 5.97 Å². The number of hydrogen-bond acceptors (Lipinski definition) is 5. The number of aromatic nitrogens is 2. The van der Waals surface area contributed by atoms with Crippen molar-refractivity contribution in [3.63, 3.8) is 0 Å². The van der Waals surface area contributed by atoms with Crippen LogP contribution < -0.4 is 5.32 Å². The molecule has 8 nitrogen and oxygen atoms in total. The van der Waals surface area contributed by atoms with Crippen LogP contribution in [0, 0.1) is 5.92 Å². The zero-order chi connectivity index (χ0) is 15.7. The molecule has 2 aliphatic heterocycles. The van der Waals surface area contributed by atoms with Gasteiger partial charge in [-0.25, -0.2) is 4.68 Å². The monoisotopic (exact) mass is 372 g/mol. The lowest BCUT2D eigenvalue weighted by Crippen LogP contribution is -2.40. The van der Waals surface area contributed by atoms with Crippen LogP contribution in [0.2, 0.25) is 0 Å². The van der Waals surface area contributed by atoms with E-state index in [1.54, 1.807) is 15.6 Å². The number of rotatable bonds is 3. The van der Waals surface area contributed by atoms with E-state index in [-0.39, 0.29) is 18.2 Å². The van der Waals surface area contributed by atoms with E-state index < -0.39 is 5.97 Å². The topological polar surface area (TPSA) is 96.7 Å². The molecule has 3 heterocycles. The van der Waals surface area contributed by atoms with Gasteiger partial charge in [0, 0.05) is 25.7 Å². The van der Waals surface area contributed by atoms with Crippen molar-refractivity contribution in [1.82, 2.24) is 20.0 Å². The molecule has 0 bridgehead atoms. The average Bonchev–Trinajstić information content (AvgIpc) is 3.15. The maximum absolute atomic E-state index is 12.5. The third-order valence-electron chi connectivity index (χ3n) is 3.96. The minimum Gasteiger partial charge on any atom is -0.481 e. The van der Waals surface area contributed by atoms with Gasteiger partial charge in [-0.1, -0.05) is 0 Å². The van der Waals surface area contributed by atoms with E-state index in [2.05, 4.69) is 26.3 Å². The summed E-state index contributed by atoms with van der Waals surface area (Å²) in [4.78, 5) is 25.1. The zero-order valence-electron chi connectivity index (χ0n) is 11.9. The fraction of sp³-hybridized carbons (Fsp3) is 0.615. The van der Waals surface area contributed by atoms with Crippen LogP contribution in [0.25, 0.3) is 0 Å². The van der Waals surface area contributed by atoms with E-state index in [1.165, 1.54) is 0 Å². The molecule has 2 N–H and O–H groups in total. The standard InChI is InChI=1S/C13H17BrN4O4/c14-10-7-9(16-18(10)13-15-3-6-22-13)11(19)17-4-1-8(2-5-17)12(20)21/h7-8,13,15H,1-6H2,(H,20,21). The van der Waals surface area contributed by atoms with Gasteiger partial charge in [0.2, 0.25) is 6.35 Å². The summed E-state index contributed by atoms with van der Waals surface area (Å²) in [6, 6.07) is 1.66. The number of ether oxygens (including phenoxy) is 1. The molecule has 9 heteroatoms. The Morgan fingerprint density at radius 3 is 2.73 bits per heavy atom. The molecule has 1 aromatic rings. The second kappa shape index (κ2) is 6.35. The third-order valence-corrected chi connectivity index (χ3v) is 4.55. The number of piperidine rings is 1. The molecule has 0 saturated carbocycles. The molecule has 0 spiro atoms. The Bertz CT molecular complexity index is 577. The maximum atomic E-state index is 12.5. The number of aliphatic carboxylic acids is 1. The highest BCUT2D eigenvalue weighted by Crippen LogP contribution is 2.22. The van der Waals surface area contributed by atoms with Crippen LogP contribution in [0.3, 0.4) is 0 Å². The highest BCUT2D eigenvalue weighted by Gasteiger charge is 2.29. The summed E-state index contributed by atoms with van der Waals surface area (Å²) >= 11 is 3.38. The highest BCUT2D eigenvalue weighted by molar-refractivity contribution is 9.10. The van der Waals surface area contributed by atoms with Crippen LogP contribution in [-0.4, -0.2) is 57.9 Å². The fourth-order valence-corrected chi connectivity index (χ4v) is 3.18. The first-order valence-electron chi connectivity index (χ1n) is 7.18. The van der Waals surface area contributed by atoms with Gasteiger partial charge in [0.05, 0.1) is 12.5 Å². The molecule has 22 heavy (non-hydrogen) atoms. The molecule has 1 aromatic heterocycles. The van der Waals surface area contributed by atoms with Crippen molar-refractivity contribution in [2.75, 3.05) is 26.2 Å². The number of carbonyl (C=O) groups excluding carboxylic acids is 1. The number of nitrogens with one attached hydrogen (secondary N) is 1. The van der Waals surface area contributed by atoms with Crippen LogP contribution >= 0.6 is 15.9 Å². The van der Waals surface area contributed by atoms with E-state index in [0.717, 1.165) is 6.54 Å². The Kier molecular flexibility index (Phi) is 4.46. The van der Waals surface area contributed by atoms with Gasteiger partial charge in [-0.15, -0.1) is 0 Å². The summed E-state index contributed by atoms with van der Waals surface area (Å²) in [6.07, 6.45) is 0.598. The predicted molar refractivity (Wildman–Crippen MR) is 79.2 cm³/mol. The number of halogens is 1. The van der Waals surface area contributed by atoms with Gasteiger partial charge in [0.1, 0.15) is 4.60 Å². The molecule has 0 aromatic carbocycles. The van der Waals surface area contributed by atoms with Gasteiger partial charge < -0.3 is 14.7 Å². The van der Waals surface area contributed by atoms with E-state index in [9.17, 15) is 9.59 Å². The number of nitrogens with zero attached hydrogens (tertiary/aromatic N) is 3. The van der Waals surface area contributed by atoms with Crippen molar-refractivity contribution in [2.45, 2.75) is 19.2 Å². The van der Waals surface area contributed by atoms with Crippen molar-refractivity contribution in [3.8, 4) is 0 Å². The van der Waals surface area contributed by atoms with Gasteiger partial charge in [0.25, 0.3) is 5.91 Å². The summed E-state index contributed by atoms with van der Waals surface area (Å²) < 4.78 is 7.72. The zero-order valence-corrected chi connectivity index (χ0v) is 13.5. The van der Waals surface area contributed by atoms with E-state index in [1.807, 2.05) is 0 Å². The Morgan fingerprint density at radius 1 is 1.41 bits per heavy atom. The number of amides is 1. The van der Waals surface area contributed by atoms with Crippen LogP contribution in [-0.2, 0) is 9.53 Å². The van der Waals surface area contributed by atoms with Crippen LogP contribution in [0.5, 0.6) is 0 Å². The van der Waals surface area contributed by atoms with Gasteiger partial charge in [-0.3, -0.25) is 14.9 Å². The van der Waals surface area contributed by atoms with Crippen molar-refractivity contribution in [1.29, 1.82) is 0 Å². The summed E-state index contributed by atoms with van der Waals surface area (Å²) in [6.45, 7) is 2.23. The molecule has 1 unspecified atom stereocenters. The predicted octanol–water partition coefficient (Wildman–Crippen LogP) is 0.658. The first-order valence-corrected chi connectivity index (χ1v) is 7.97. The van der Waals surface area contributed by atoms with Crippen molar-refractivity contribution >= 4 is 27.8 Å². The number of hydrogen-bond donors (Lipinski definition) is 2. The number of carbonyl (C=O) groups is 2. The van der Waals surface area contributed by atoms with E-state index in [4.69, 9.17) is 9.84 Å². The number of carboxylic acid groups (broad SMARTS) is 1. The lowest BCUT2D eigenvalue weighted by atomic mass is 9.97. The smallest absolute Gasteiger partial charge is 0.306 e. The Morgan fingerprint density at radius 2 is 2.14 bits per heavy atom. The van der Waals surface area contributed by atoms with Crippen LogP contribution in [0.15, 0.2) is 10.7 Å². The van der Waals surface area contributed by atoms with Crippen LogP contribution in [0.1, 0.15) is 29.7 Å². The van der Waals surface area contributed by atoms with Gasteiger partial charge in [-0.05, 0) is 28.8 Å². The number of likely N-dealkylation sites (tertiary alicyclic amines) is 1. The maximum Gasteiger partial charge on any atom is 0.306 e. The molecule has 3 rings (SSSR count). The van der Waals surface area contributed by atoms with Gasteiger partial charge in [-0.2, -0.15) is 5.10 Å². The first-order chi connectivity index (χ1) is 10.6. The Labute approximate surface area is 135 Å². The van der Waals surface area contributed by atoms with E-state index >= 15 is 0 Å². The molecule has 0 aliphatic carbocycles. The minimum absolute atomic E-state index is 0.179. The molecular weight excluding hydrogens is 356 g/mol. The highest BCUT2D eigenvalue weighted by atomic mass is 79.9. The lowest BCUT2D eigenvalue weighted by molar-refractivity contribution is -0.143. The molecule has 1 amide bonds. The molecular formula is C13H17BrN4O4. The molecule has 0 radical (unpaired) electrons. The third kappa shape index (κ3) is 3.01. The Hall–Kier alpha value is -1.45. The fourth-order valence-electron chi connectivity index (χ4n) is 2.70. The molecule has 2 fully saturated rings. The quantitative estimate of drug-likeness (QED) is 0.808. The molecule has 2 aliphatic rings. The van der Waals surface area contributed by atoms with Crippen molar-refractivity contribution in [3.05, 3.63) is 16.4 Å². The Balaban J connectivity index is 1.68. The lowest BCUT2D eigenvalue weighted by Gasteiger charge is -2.29. The first kappa shape index (κ1) is 15.4. The van der Waals surface area contributed by atoms with Crippen molar-refractivity contribution in [2.24, 2.45) is 5.92 Å². The van der Waals surface area contributed by atoms with Gasteiger partial charge in [0.15, 0.2) is 5.69 Å². The van der Waals surface area contributed by atoms with Crippen molar-refractivity contribution < 1.29 is 19.4 Å². The summed E-state index contributed by atoms with van der Waals surface area (Å²) in [7, 11) is 0. The SMILES string of the molecule is O=C(O)C1CCN(C(=O)c2cc(Br)n(C3NCCO3)n2)CC1. The molecule has 120 valence electrons. The second-order valence-corrected chi connectivity index (χ2v) is 6.19. The number of carboxylic acids is 1. The summed E-state index contributed by atoms with van der Waals surface area (Å²) in [5.74, 6) is -1.32. The van der Waals surface area contributed by atoms with E-state index in [0.29, 0.717) is 42.8 Å². The second-order valence-electron chi connectivity index (χ2n) is 5.38. The minimum atomic E-state index is -0.788.